The van der Waals surface area contributed by atoms with Gasteiger partial charge in [0.15, 0.2) is 0 Å². The van der Waals surface area contributed by atoms with Crippen LogP contribution in [-0.2, 0) is 0 Å². The second-order valence-corrected chi connectivity index (χ2v) is 7.20. The second kappa shape index (κ2) is 8.19. The molecule has 4 rings (SSSR count). The van der Waals surface area contributed by atoms with Gasteiger partial charge in [-0.1, -0.05) is 0 Å². The number of anilines is 3. The fraction of sp³-hybridized carbons (Fsp3) is 0.0870. The Balaban J connectivity index is 1.50. The van der Waals surface area contributed by atoms with E-state index in [4.69, 9.17) is 5.11 Å². The van der Waals surface area contributed by atoms with Gasteiger partial charge in [-0.3, -0.25) is 10.1 Å². The Bertz CT molecular complexity index is 1240. The minimum atomic E-state index is -1.11. The topological polar surface area (TPSA) is 99.5 Å². The number of carboxylic acid groups (broad SMARTS) is 1. The van der Waals surface area contributed by atoms with Crippen LogP contribution in [0, 0.1) is 0 Å². The minimum Gasteiger partial charge on any atom is -0.465 e. The summed E-state index contributed by atoms with van der Waals surface area (Å²) in [5.41, 5.74) is 4.43. The van der Waals surface area contributed by atoms with Crippen LogP contribution in [-0.4, -0.2) is 41.0 Å². The van der Waals surface area contributed by atoms with Crippen molar-refractivity contribution in [3.63, 3.8) is 0 Å². The number of nitrogens with one attached hydrogen (secondary N) is 2. The summed E-state index contributed by atoms with van der Waals surface area (Å²) in [5, 5.41) is 19.3. The summed E-state index contributed by atoms with van der Waals surface area (Å²) in [6, 6.07) is 20.0. The lowest BCUT2D eigenvalue weighted by molar-refractivity contribution is 0.102. The number of amides is 2. The van der Waals surface area contributed by atoms with E-state index in [1.54, 1.807) is 41.2 Å². The fourth-order valence-corrected chi connectivity index (χ4v) is 3.24. The molecule has 0 aliphatic heterocycles. The number of benzene rings is 3. The molecule has 0 spiro atoms. The summed E-state index contributed by atoms with van der Waals surface area (Å²) in [6.45, 7) is 0. The second-order valence-electron chi connectivity index (χ2n) is 7.20. The van der Waals surface area contributed by atoms with Crippen molar-refractivity contribution < 1.29 is 14.7 Å². The molecule has 0 radical (unpaired) electrons. The number of rotatable bonds is 5. The molecule has 0 atom stereocenters. The van der Waals surface area contributed by atoms with Gasteiger partial charge in [0.1, 0.15) is 0 Å². The molecule has 0 aliphatic rings. The molecule has 8 nitrogen and oxygen atoms in total. The van der Waals surface area contributed by atoms with Gasteiger partial charge in [0.25, 0.3) is 5.91 Å². The van der Waals surface area contributed by atoms with Crippen molar-refractivity contribution in [3.05, 3.63) is 78.5 Å². The molecule has 0 saturated carbocycles. The monoisotopic (exact) mass is 415 g/mol. The van der Waals surface area contributed by atoms with Gasteiger partial charge in [-0.25, -0.2) is 9.48 Å². The maximum absolute atomic E-state index is 12.5. The first-order valence-electron chi connectivity index (χ1n) is 9.57. The molecule has 0 bridgehead atoms. The van der Waals surface area contributed by atoms with Crippen molar-refractivity contribution >= 4 is 40.0 Å². The first-order valence-corrected chi connectivity index (χ1v) is 9.57. The van der Waals surface area contributed by atoms with Gasteiger partial charge < -0.3 is 15.3 Å². The number of nitrogens with zero attached hydrogens (tertiary/aromatic N) is 3. The highest BCUT2D eigenvalue weighted by Gasteiger charge is 2.09. The number of hydrogen-bond acceptors (Lipinski definition) is 4. The molecular formula is C23H21N5O3. The molecule has 0 saturated heterocycles. The Kier molecular flexibility index (Phi) is 5.28. The number of carbonyl (C=O) groups excluding carboxylic acids is 1. The molecule has 156 valence electrons. The van der Waals surface area contributed by atoms with E-state index in [1.807, 2.05) is 55.4 Å². The average Bonchev–Trinajstić information content (AvgIpc) is 3.17. The van der Waals surface area contributed by atoms with Crippen LogP contribution in [0.5, 0.6) is 0 Å². The SMILES string of the molecule is CN(C)c1ccc(C(=O)Nc2ccc(-n3ncc4cc(NC(=O)O)ccc43)cc2)cc1. The smallest absolute Gasteiger partial charge is 0.409 e. The summed E-state index contributed by atoms with van der Waals surface area (Å²) < 4.78 is 1.76. The number of aromatic nitrogens is 2. The van der Waals surface area contributed by atoms with Crippen molar-refractivity contribution in [2.45, 2.75) is 0 Å². The molecule has 3 N–H and O–H groups in total. The fourth-order valence-electron chi connectivity index (χ4n) is 3.24. The zero-order chi connectivity index (χ0) is 22.0. The van der Waals surface area contributed by atoms with Gasteiger partial charge in [0.2, 0.25) is 0 Å². The maximum Gasteiger partial charge on any atom is 0.409 e. The summed E-state index contributed by atoms with van der Waals surface area (Å²) in [7, 11) is 3.90. The van der Waals surface area contributed by atoms with E-state index < -0.39 is 6.09 Å². The van der Waals surface area contributed by atoms with E-state index in [2.05, 4.69) is 15.7 Å². The lowest BCUT2D eigenvalue weighted by atomic mass is 10.2. The predicted octanol–water partition coefficient (Wildman–Crippen LogP) is 4.43. The van der Waals surface area contributed by atoms with Crippen LogP contribution in [0.3, 0.4) is 0 Å². The average molecular weight is 415 g/mol. The van der Waals surface area contributed by atoms with Crippen molar-refractivity contribution in [2.24, 2.45) is 0 Å². The maximum atomic E-state index is 12.5. The van der Waals surface area contributed by atoms with Crippen LogP contribution in [0.25, 0.3) is 16.6 Å². The van der Waals surface area contributed by atoms with Crippen molar-refractivity contribution in [3.8, 4) is 5.69 Å². The zero-order valence-corrected chi connectivity index (χ0v) is 17.0. The zero-order valence-electron chi connectivity index (χ0n) is 17.0. The Labute approximate surface area is 178 Å². The highest BCUT2D eigenvalue weighted by molar-refractivity contribution is 6.04. The molecule has 0 aliphatic carbocycles. The van der Waals surface area contributed by atoms with Crippen molar-refractivity contribution in [1.82, 2.24) is 9.78 Å². The quantitative estimate of drug-likeness (QED) is 0.448. The third kappa shape index (κ3) is 4.32. The van der Waals surface area contributed by atoms with E-state index in [-0.39, 0.29) is 5.91 Å². The van der Waals surface area contributed by atoms with Crippen LogP contribution in [0.1, 0.15) is 10.4 Å². The first-order chi connectivity index (χ1) is 14.9. The molecule has 8 heteroatoms. The highest BCUT2D eigenvalue weighted by atomic mass is 16.4. The van der Waals surface area contributed by atoms with E-state index in [9.17, 15) is 9.59 Å². The minimum absolute atomic E-state index is 0.180. The summed E-state index contributed by atoms with van der Waals surface area (Å²) in [4.78, 5) is 25.3. The van der Waals surface area contributed by atoms with Gasteiger partial charge in [-0.05, 0) is 66.7 Å². The van der Waals surface area contributed by atoms with E-state index in [0.717, 1.165) is 22.3 Å². The van der Waals surface area contributed by atoms with Crippen LogP contribution in [0.4, 0.5) is 21.9 Å². The Morgan fingerprint density at radius 3 is 2.23 bits per heavy atom. The van der Waals surface area contributed by atoms with Crippen molar-refractivity contribution in [1.29, 1.82) is 0 Å². The molecule has 2 amide bonds. The largest absolute Gasteiger partial charge is 0.465 e. The normalized spacial score (nSPS) is 10.6. The lowest BCUT2D eigenvalue weighted by Crippen LogP contribution is -2.13. The van der Waals surface area contributed by atoms with Crippen LogP contribution in [0.2, 0.25) is 0 Å². The van der Waals surface area contributed by atoms with Gasteiger partial charge in [-0.2, -0.15) is 5.10 Å². The van der Waals surface area contributed by atoms with Crippen LogP contribution in [0.15, 0.2) is 72.9 Å². The summed E-state index contributed by atoms with van der Waals surface area (Å²) in [5.74, 6) is -0.180. The Morgan fingerprint density at radius 1 is 0.903 bits per heavy atom. The molecule has 3 aromatic carbocycles. The molecule has 1 aromatic heterocycles. The van der Waals surface area contributed by atoms with E-state index >= 15 is 0 Å². The lowest BCUT2D eigenvalue weighted by Gasteiger charge is -2.12. The van der Waals surface area contributed by atoms with Gasteiger partial charge >= 0.3 is 6.09 Å². The molecule has 0 unspecified atom stereocenters. The first kappa shape index (κ1) is 20.0. The molecule has 1 heterocycles. The van der Waals surface area contributed by atoms with Crippen molar-refractivity contribution in [2.75, 3.05) is 29.6 Å². The van der Waals surface area contributed by atoms with Crippen LogP contribution < -0.4 is 15.5 Å². The van der Waals surface area contributed by atoms with Crippen LogP contribution >= 0.6 is 0 Å². The number of carbonyl (C=O) groups is 2. The Morgan fingerprint density at radius 2 is 1.58 bits per heavy atom. The molecule has 0 fully saturated rings. The number of hydrogen-bond donors (Lipinski definition) is 3. The third-order valence-corrected chi connectivity index (χ3v) is 4.83. The van der Waals surface area contributed by atoms with E-state index in [0.29, 0.717) is 16.9 Å². The van der Waals surface area contributed by atoms with E-state index in [1.165, 1.54) is 0 Å². The highest BCUT2D eigenvalue weighted by Crippen LogP contribution is 2.23. The molecular weight excluding hydrogens is 394 g/mol. The third-order valence-electron chi connectivity index (χ3n) is 4.83. The number of fused-ring (bicyclic) bond motifs is 1. The summed E-state index contributed by atoms with van der Waals surface area (Å²) >= 11 is 0. The molecule has 31 heavy (non-hydrogen) atoms. The summed E-state index contributed by atoms with van der Waals surface area (Å²) in [6.07, 6.45) is 0.563. The van der Waals surface area contributed by atoms with Gasteiger partial charge in [-0.15, -0.1) is 0 Å². The van der Waals surface area contributed by atoms with Gasteiger partial charge in [0, 0.05) is 42.1 Å². The standard InChI is InChI=1S/C23H21N5O3/c1-27(2)19-8-3-15(4-9-19)22(29)25-17-5-10-20(11-6-17)28-21-12-7-18(26-23(30)31)13-16(21)14-24-28/h3-14,26H,1-2H3,(H,25,29)(H,30,31). The predicted molar refractivity (Wildman–Crippen MR) is 121 cm³/mol. The van der Waals surface area contributed by atoms with Gasteiger partial charge in [0.05, 0.1) is 17.4 Å². The molecule has 4 aromatic rings. The Hall–Kier alpha value is -4.33.